The van der Waals surface area contributed by atoms with Crippen molar-refractivity contribution in [1.82, 2.24) is 14.8 Å². The summed E-state index contributed by atoms with van der Waals surface area (Å²) in [4.78, 5) is 21.8. The molecule has 3 heterocycles. The largest absolute Gasteiger partial charge is 0.497 e. The van der Waals surface area contributed by atoms with Gasteiger partial charge in [0.1, 0.15) is 11.5 Å². The molecule has 0 N–H and O–H groups in total. The van der Waals surface area contributed by atoms with Gasteiger partial charge in [-0.15, -0.1) is 0 Å². The van der Waals surface area contributed by atoms with Crippen LogP contribution in [0.25, 0.3) is 0 Å². The van der Waals surface area contributed by atoms with E-state index in [1.807, 2.05) is 41.4 Å². The number of hydrogen-bond acceptors (Lipinski definition) is 5. The zero-order valence-electron chi connectivity index (χ0n) is 20.2. The molecule has 0 unspecified atom stereocenters. The average molecular weight is 462 g/mol. The van der Waals surface area contributed by atoms with Crippen LogP contribution in [-0.4, -0.2) is 54.0 Å². The normalized spacial score (nSPS) is 15.4. The fourth-order valence-electron chi connectivity index (χ4n) is 4.96. The van der Waals surface area contributed by atoms with Gasteiger partial charge in [0, 0.05) is 44.7 Å². The van der Waals surface area contributed by atoms with Crippen LogP contribution < -0.4 is 4.74 Å². The van der Waals surface area contributed by atoms with Crippen molar-refractivity contribution in [1.29, 1.82) is 0 Å². The highest BCUT2D eigenvalue weighted by atomic mass is 16.5. The van der Waals surface area contributed by atoms with Gasteiger partial charge in [-0.3, -0.25) is 14.7 Å². The number of ether oxygens (including phenoxy) is 1. The Kier molecular flexibility index (Phi) is 8.36. The summed E-state index contributed by atoms with van der Waals surface area (Å²) in [5.41, 5.74) is 2.35. The van der Waals surface area contributed by atoms with E-state index in [9.17, 15) is 4.79 Å². The van der Waals surface area contributed by atoms with Crippen LogP contribution in [0, 0.1) is 5.92 Å². The maximum Gasteiger partial charge on any atom is 0.223 e. The molecule has 1 aromatic carbocycles. The molecule has 0 spiro atoms. The molecule has 1 saturated heterocycles. The molecular formula is C28H35N3O3. The summed E-state index contributed by atoms with van der Waals surface area (Å²) in [5, 5.41) is 0. The zero-order chi connectivity index (χ0) is 23.8. The van der Waals surface area contributed by atoms with Crippen molar-refractivity contribution < 1.29 is 13.9 Å². The van der Waals surface area contributed by atoms with Gasteiger partial charge < -0.3 is 14.1 Å². The van der Waals surface area contributed by atoms with E-state index in [1.165, 1.54) is 5.56 Å². The summed E-state index contributed by atoms with van der Waals surface area (Å²) in [6.45, 7) is 2.43. The molecule has 6 heteroatoms. The number of likely N-dealkylation sites (tertiary alicyclic amines) is 1. The lowest BCUT2D eigenvalue weighted by Gasteiger charge is -2.40. The third-order valence-electron chi connectivity index (χ3n) is 6.88. The Balaban J connectivity index is 1.40. The number of carbonyl (C=O) groups is 1. The van der Waals surface area contributed by atoms with E-state index in [0.29, 0.717) is 24.8 Å². The van der Waals surface area contributed by atoms with Crippen molar-refractivity contribution in [3.63, 3.8) is 0 Å². The molecule has 180 valence electrons. The van der Waals surface area contributed by atoms with Gasteiger partial charge in [-0.1, -0.05) is 18.2 Å². The Morgan fingerprint density at radius 3 is 2.74 bits per heavy atom. The van der Waals surface area contributed by atoms with Crippen LogP contribution in [0.3, 0.4) is 0 Å². The van der Waals surface area contributed by atoms with Crippen LogP contribution in [0.5, 0.6) is 5.75 Å². The standard InChI is InChI=1S/C28H35N3O3/c1-30(21-24-8-3-4-15-29-24)27(20-22-7-5-9-26(19-22)33-2)23-13-16-31(17-14-23)28(32)12-11-25-10-6-18-34-25/h3-10,15,18-19,23,27H,11-14,16-17,20-21H2,1-2H3/t27-/m1/s1. The van der Waals surface area contributed by atoms with Crippen LogP contribution >= 0.6 is 0 Å². The van der Waals surface area contributed by atoms with E-state index in [1.54, 1.807) is 13.4 Å². The lowest BCUT2D eigenvalue weighted by Crippen LogP contribution is -2.46. The number of aromatic nitrogens is 1. The monoisotopic (exact) mass is 461 g/mol. The first kappa shape index (κ1) is 24.0. The summed E-state index contributed by atoms with van der Waals surface area (Å²) >= 11 is 0. The minimum absolute atomic E-state index is 0.223. The quantitative estimate of drug-likeness (QED) is 0.442. The first-order valence-electron chi connectivity index (χ1n) is 12.2. The number of furan rings is 1. The highest BCUT2D eigenvalue weighted by molar-refractivity contribution is 5.76. The van der Waals surface area contributed by atoms with Gasteiger partial charge in [0.2, 0.25) is 5.91 Å². The molecule has 1 fully saturated rings. The van der Waals surface area contributed by atoms with Crippen molar-refractivity contribution in [3.8, 4) is 5.75 Å². The van der Waals surface area contributed by atoms with Crippen molar-refractivity contribution in [2.24, 2.45) is 5.92 Å². The van der Waals surface area contributed by atoms with E-state index < -0.39 is 0 Å². The molecule has 1 amide bonds. The Morgan fingerprint density at radius 1 is 1.18 bits per heavy atom. The minimum atomic E-state index is 0.223. The molecule has 3 aromatic rings. The number of nitrogens with zero attached hydrogens (tertiary/aromatic N) is 3. The molecule has 4 rings (SSSR count). The van der Waals surface area contributed by atoms with Crippen LogP contribution in [0.2, 0.25) is 0 Å². The van der Waals surface area contributed by atoms with E-state index in [2.05, 4.69) is 41.2 Å². The summed E-state index contributed by atoms with van der Waals surface area (Å²) < 4.78 is 10.8. The molecule has 2 aromatic heterocycles. The molecule has 1 aliphatic rings. The smallest absolute Gasteiger partial charge is 0.223 e. The second-order valence-corrected chi connectivity index (χ2v) is 9.16. The average Bonchev–Trinajstić information content (AvgIpc) is 3.40. The zero-order valence-corrected chi connectivity index (χ0v) is 20.2. The van der Waals surface area contributed by atoms with Gasteiger partial charge in [0.25, 0.3) is 0 Å². The van der Waals surface area contributed by atoms with Gasteiger partial charge in [0.15, 0.2) is 0 Å². The van der Waals surface area contributed by atoms with E-state index >= 15 is 0 Å². The number of rotatable bonds is 10. The van der Waals surface area contributed by atoms with Gasteiger partial charge in [-0.2, -0.15) is 0 Å². The van der Waals surface area contributed by atoms with E-state index in [0.717, 1.165) is 56.1 Å². The second kappa shape index (κ2) is 11.8. The number of aryl methyl sites for hydroxylation is 1. The van der Waals surface area contributed by atoms with Crippen LogP contribution in [-0.2, 0) is 24.2 Å². The second-order valence-electron chi connectivity index (χ2n) is 9.16. The molecule has 1 atom stereocenters. The molecule has 6 nitrogen and oxygen atoms in total. The first-order chi connectivity index (χ1) is 16.6. The summed E-state index contributed by atoms with van der Waals surface area (Å²) in [5.74, 6) is 2.49. The SMILES string of the molecule is COc1cccc(C[C@H](C2CCN(C(=O)CCc3ccco3)CC2)N(C)Cc2ccccn2)c1. The molecule has 34 heavy (non-hydrogen) atoms. The number of pyridine rings is 1. The topological polar surface area (TPSA) is 58.8 Å². The van der Waals surface area contributed by atoms with Crippen LogP contribution in [0.15, 0.2) is 71.5 Å². The minimum Gasteiger partial charge on any atom is -0.497 e. The van der Waals surface area contributed by atoms with Crippen LogP contribution in [0.4, 0.5) is 0 Å². The Bertz CT molecular complexity index is 1010. The number of likely N-dealkylation sites (N-methyl/N-ethyl adjacent to an activating group) is 1. The molecule has 0 aliphatic carbocycles. The fourth-order valence-corrected chi connectivity index (χ4v) is 4.96. The van der Waals surface area contributed by atoms with E-state index in [-0.39, 0.29) is 5.91 Å². The predicted octanol–water partition coefficient (Wildman–Crippen LogP) is 4.60. The third kappa shape index (κ3) is 6.48. The number of carbonyl (C=O) groups excluding carboxylic acids is 1. The van der Waals surface area contributed by atoms with Gasteiger partial charge in [-0.25, -0.2) is 0 Å². The lowest BCUT2D eigenvalue weighted by atomic mass is 9.84. The van der Waals surface area contributed by atoms with Crippen molar-refractivity contribution in [3.05, 3.63) is 84.1 Å². The Labute approximate surface area is 202 Å². The molecule has 0 radical (unpaired) electrons. The Morgan fingerprint density at radius 2 is 2.03 bits per heavy atom. The highest BCUT2D eigenvalue weighted by Gasteiger charge is 2.31. The molecular weight excluding hydrogens is 426 g/mol. The summed E-state index contributed by atoms with van der Waals surface area (Å²) in [7, 11) is 3.91. The van der Waals surface area contributed by atoms with Crippen molar-refractivity contribution in [2.75, 3.05) is 27.2 Å². The van der Waals surface area contributed by atoms with Crippen molar-refractivity contribution >= 4 is 5.91 Å². The van der Waals surface area contributed by atoms with Crippen molar-refractivity contribution in [2.45, 2.75) is 44.7 Å². The number of hydrogen-bond donors (Lipinski definition) is 0. The summed E-state index contributed by atoms with van der Waals surface area (Å²) in [6.07, 6.45) is 7.64. The fraction of sp³-hybridized carbons (Fsp3) is 0.429. The van der Waals surface area contributed by atoms with Gasteiger partial charge >= 0.3 is 0 Å². The van der Waals surface area contributed by atoms with Crippen LogP contribution in [0.1, 0.15) is 36.3 Å². The third-order valence-corrected chi connectivity index (χ3v) is 6.88. The number of methoxy groups -OCH3 is 1. The highest BCUT2D eigenvalue weighted by Crippen LogP contribution is 2.28. The number of piperidine rings is 1. The molecule has 1 aliphatic heterocycles. The molecule has 0 bridgehead atoms. The number of amides is 1. The Hall–Kier alpha value is -3.12. The first-order valence-corrected chi connectivity index (χ1v) is 12.2. The summed E-state index contributed by atoms with van der Waals surface area (Å²) in [6, 6.07) is 18.6. The maximum atomic E-state index is 12.8. The number of benzene rings is 1. The molecule has 0 saturated carbocycles. The maximum absolute atomic E-state index is 12.8. The van der Waals surface area contributed by atoms with E-state index in [4.69, 9.17) is 9.15 Å². The van der Waals surface area contributed by atoms with Gasteiger partial charge in [0.05, 0.1) is 19.1 Å². The lowest BCUT2D eigenvalue weighted by molar-refractivity contribution is -0.132. The van der Waals surface area contributed by atoms with Gasteiger partial charge in [-0.05, 0) is 74.2 Å². The predicted molar refractivity (Wildman–Crippen MR) is 133 cm³/mol.